The van der Waals surface area contributed by atoms with Crippen LogP contribution in [-0.4, -0.2) is 94.7 Å². The molecule has 1 aliphatic rings. The summed E-state index contributed by atoms with van der Waals surface area (Å²) < 4.78 is 5.36. The first-order chi connectivity index (χ1) is 12.0. The van der Waals surface area contributed by atoms with Crippen molar-refractivity contribution >= 4 is 11.6 Å². The van der Waals surface area contributed by atoms with Crippen LogP contribution in [0, 0.1) is 0 Å². The molecule has 0 aromatic heterocycles. The summed E-state index contributed by atoms with van der Waals surface area (Å²) in [5, 5.41) is 0. The molecule has 0 bridgehead atoms. The van der Waals surface area contributed by atoms with Crippen LogP contribution in [0.4, 0.5) is 5.69 Å². The van der Waals surface area contributed by atoms with E-state index in [4.69, 9.17) is 4.74 Å². The van der Waals surface area contributed by atoms with E-state index in [-0.39, 0.29) is 5.91 Å². The summed E-state index contributed by atoms with van der Waals surface area (Å²) in [6.07, 6.45) is 0. The van der Waals surface area contributed by atoms with Gasteiger partial charge in [-0.15, -0.1) is 0 Å². The first-order valence-corrected chi connectivity index (χ1v) is 8.94. The van der Waals surface area contributed by atoms with Gasteiger partial charge in [-0.2, -0.15) is 0 Å². The van der Waals surface area contributed by atoms with E-state index in [0.29, 0.717) is 13.1 Å². The number of carbonyl (C=O) groups excluding carboxylic acids is 1. The largest absolute Gasteiger partial charge is 0.379 e. The Hall–Kier alpha value is -1.63. The second kappa shape index (κ2) is 9.75. The number of nitrogens with zero attached hydrogens (tertiary/aromatic N) is 4. The van der Waals surface area contributed by atoms with Crippen LogP contribution in [0.25, 0.3) is 0 Å². The third-order valence-corrected chi connectivity index (χ3v) is 4.61. The normalized spacial score (nSPS) is 15.4. The van der Waals surface area contributed by atoms with E-state index < -0.39 is 0 Å². The number of ether oxygens (including phenoxy) is 1. The van der Waals surface area contributed by atoms with Crippen molar-refractivity contribution in [2.75, 3.05) is 79.0 Å². The molecule has 6 heteroatoms. The van der Waals surface area contributed by atoms with Crippen LogP contribution in [-0.2, 0) is 16.1 Å². The molecule has 25 heavy (non-hydrogen) atoms. The van der Waals surface area contributed by atoms with E-state index in [0.717, 1.165) is 45.0 Å². The van der Waals surface area contributed by atoms with Gasteiger partial charge in [0, 0.05) is 59.6 Å². The zero-order valence-corrected chi connectivity index (χ0v) is 16.1. The standard InChI is InChI=1S/C19H32N4O2/c1-20(2)18-7-5-17(6-8-18)15-22(4)19(24)16-21(3)9-10-23-11-13-25-14-12-23/h5-8H,9-16H2,1-4H3. The van der Waals surface area contributed by atoms with Gasteiger partial charge < -0.3 is 14.5 Å². The number of likely N-dealkylation sites (N-methyl/N-ethyl adjacent to an activating group) is 2. The number of amides is 1. The molecule has 6 nitrogen and oxygen atoms in total. The number of carbonyl (C=O) groups is 1. The van der Waals surface area contributed by atoms with Crippen LogP contribution in [0.1, 0.15) is 5.56 Å². The number of hydrogen-bond donors (Lipinski definition) is 0. The first-order valence-electron chi connectivity index (χ1n) is 8.94. The topological polar surface area (TPSA) is 39.3 Å². The monoisotopic (exact) mass is 348 g/mol. The van der Waals surface area contributed by atoms with E-state index >= 15 is 0 Å². The SMILES string of the molecule is CN(CCN1CCOCC1)CC(=O)N(C)Cc1ccc(N(C)C)cc1. The maximum absolute atomic E-state index is 12.4. The van der Waals surface area contributed by atoms with E-state index in [9.17, 15) is 4.79 Å². The Morgan fingerprint density at radius 3 is 2.32 bits per heavy atom. The Labute approximate surface area is 151 Å². The zero-order chi connectivity index (χ0) is 18.2. The number of hydrogen-bond acceptors (Lipinski definition) is 5. The molecule has 0 unspecified atom stereocenters. The van der Waals surface area contributed by atoms with Gasteiger partial charge in [-0.25, -0.2) is 0 Å². The van der Waals surface area contributed by atoms with Gasteiger partial charge in [0.1, 0.15) is 0 Å². The van der Waals surface area contributed by atoms with Crippen LogP contribution in [0.15, 0.2) is 24.3 Å². The van der Waals surface area contributed by atoms with Crippen LogP contribution < -0.4 is 4.90 Å². The minimum atomic E-state index is 0.154. The van der Waals surface area contributed by atoms with Crippen molar-refractivity contribution in [3.05, 3.63) is 29.8 Å². The highest BCUT2D eigenvalue weighted by Crippen LogP contribution is 2.13. The lowest BCUT2D eigenvalue weighted by Crippen LogP contribution is -2.43. The molecule has 1 heterocycles. The fourth-order valence-corrected chi connectivity index (χ4v) is 2.83. The Morgan fingerprint density at radius 1 is 1.08 bits per heavy atom. The summed E-state index contributed by atoms with van der Waals surface area (Å²) >= 11 is 0. The fourth-order valence-electron chi connectivity index (χ4n) is 2.83. The van der Waals surface area contributed by atoms with Crippen molar-refractivity contribution in [1.82, 2.24) is 14.7 Å². The summed E-state index contributed by atoms with van der Waals surface area (Å²) in [4.78, 5) is 20.8. The van der Waals surface area contributed by atoms with Crippen molar-refractivity contribution in [2.45, 2.75) is 6.54 Å². The molecule has 1 fully saturated rings. The molecule has 0 radical (unpaired) electrons. The number of benzene rings is 1. The molecular formula is C19H32N4O2. The second-order valence-electron chi connectivity index (χ2n) is 7.00. The predicted molar refractivity (Wildman–Crippen MR) is 102 cm³/mol. The smallest absolute Gasteiger partial charge is 0.236 e. The Morgan fingerprint density at radius 2 is 1.72 bits per heavy atom. The van der Waals surface area contributed by atoms with Crippen LogP contribution in [0.5, 0.6) is 0 Å². The Balaban J connectivity index is 1.73. The number of anilines is 1. The van der Waals surface area contributed by atoms with Gasteiger partial charge in [-0.1, -0.05) is 12.1 Å². The van der Waals surface area contributed by atoms with E-state index in [2.05, 4.69) is 39.0 Å². The summed E-state index contributed by atoms with van der Waals surface area (Å²) in [5.41, 5.74) is 2.32. The molecule has 1 amide bonds. The van der Waals surface area contributed by atoms with Gasteiger partial charge in [0.2, 0.25) is 5.91 Å². The number of morpholine rings is 1. The average molecular weight is 348 g/mol. The molecule has 0 aliphatic carbocycles. The van der Waals surface area contributed by atoms with E-state index in [1.807, 2.05) is 28.2 Å². The van der Waals surface area contributed by atoms with Crippen molar-refractivity contribution in [3.8, 4) is 0 Å². The molecule has 0 atom stereocenters. The molecule has 140 valence electrons. The second-order valence-corrected chi connectivity index (χ2v) is 7.00. The van der Waals surface area contributed by atoms with Crippen molar-refractivity contribution in [3.63, 3.8) is 0 Å². The highest BCUT2D eigenvalue weighted by molar-refractivity contribution is 5.78. The van der Waals surface area contributed by atoms with Crippen molar-refractivity contribution in [1.29, 1.82) is 0 Å². The summed E-state index contributed by atoms with van der Waals surface area (Å²) in [6, 6.07) is 8.34. The van der Waals surface area contributed by atoms with Gasteiger partial charge >= 0.3 is 0 Å². The third-order valence-electron chi connectivity index (χ3n) is 4.61. The quantitative estimate of drug-likeness (QED) is 0.700. The molecule has 0 N–H and O–H groups in total. The van der Waals surface area contributed by atoms with Crippen LogP contribution >= 0.6 is 0 Å². The molecule has 1 aromatic rings. The Bertz CT molecular complexity index is 527. The lowest BCUT2D eigenvalue weighted by molar-refractivity contribution is -0.131. The summed E-state index contributed by atoms with van der Waals surface area (Å²) in [5.74, 6) is 0.154. The highest BCUT2D eigenvalue weighted by atomic mass is 16.5. The summed E-state index contributed by atoms with van der Waals surface area (Å²) in [7, 11) is 7.94. The van der Waals surface area contributed by atoms with E-state index in [1.54, 1.807) is 4.90 Å². The first kappa shape index (κ1) is 19.7. The molecule has 1 aromatic carbocycles. The molecular weight excluding hydrogens is 316 g/mol. The maximum Gasteiger partial charge on any atom is 0.236 e. The molecule has 0 saturated carbocycles. The lowest BCUT2D eigenvalue weighted by atomic mass is 10.2. The van der Waals surface area contributed by atoms with Gasteiger partial charge in [0.05, 0.1) is 19.8 Å². The van der Waals surface area contributed by atoms with Crippen molar-refractivity contribution < 1.29 is 9.53 Å². The molecule has 2 rings (SSSR count). The lowest BCUT2D eigenvalue weighted by Gasteiger charge is -2.29. The van der Waals surface area contributed by atoms with Crippen LogP contribution in [0.2, 0.25) is 0 Å². The van der Waals surface area contributed by atoms with Gasteiger partial charge in [0.15, 0.2) is 0 Å². The minimum Gasteiger partial charge on any atom is -0.379 e. The molecule has 1 aliphatic heterocycles. The van der Waals surface area contributed by atoms with Crippen LogP contribution in [0.3, 0.4) is 0 Å². The number of rotatable bonds is 8. The Kier molecular flexibility index (Phi) is 7.68. The summed E-state index contributed by atoms with van der Waals surface area (Å²) in [6.45, 7) is 6.60. The van der Waals surface area contributed by atoms with Gasteiger partial charge in [-0.3, -0.25) is 14.6 Å². The fraction of sp³-hybridized carbons (Fsp3) is 0.632. The molecule has 1 saturated heterocycles. The van der Waals surface area contributed by atoms with Gasteiger partial charge in [0.25, 0.3) is 0 Å². The predicted octanol–water partition coefficient (Wildman–Crippen LogP) is 0.975. The van der Waals surface area contributed by atoms with Gasteiger partial charge in [-0.05, 0) is 24.7 Å². The van der Waals surface area contributed by atoms with Crippen molar-refractivity contribution in [2.24, 2.45) is 0 Å². The maximum atomic E-state index is 12.4. The minimum absolute atomic E-state index is 0.154. The third kappa shape index (κ3) is 6.65. The highest BCUT2D eigenvalue weighted by Gasteiger charge is 2.14. The molecule has 0 spiro atoms. The average Bonchev–Trinajstić information content (AvgIpc) is 2.61. The van der Waals surface area contributed by atoms with E-state index in [1.165, 1.54) is 5.69 Å². The zero-order valence-electron chi connectivity index (χ0n) is 16.1.